The van der Waals surface area contributed by atoms with Gasteiger partial charge in [-0.15, -0.1) is 0 Å². The van der Waals surface area contributed by atoms with Gasteiger partial charge in [-0.25, -0.2) is 0 Å². The Balaban J connectivity index is 1.81. The van der Waals surface area contributed by atoms with E-state index in [1.54, 1.807) is 0 Å². The Bertz CT molecular complexity index is 468. The fraction of sp³-hybridized carbons (Fsp3) is 0.667. The van der Waals surface area contributed by atoms with Crippen LogP contribution in [-0.2, 0) is 0 Å². The van der Waals surface area contributed by atoms with Gasteiger partial charge in [-0.3, -0.25) is 0 Å². The molecule has 0 amide bonds. The predicted molar refractivity (Wildman–Crippen MR) is 80.8 cm³/mol. The zero-order chi connectivity index (χ0) is 14.2. The maximum atomic E-state index is 10.5. The number of aliphatic hydroxyl groups is 1. The maximum absolute atomic E-state index is 10.5. The summed E-state index contributed by atoms with van der Waals surface area (Å²) in [6.07, 6.45) is 6.32. The first kappa shape index (κ1) is 13.9. The topological polar surface area (TPSA) is 29.5 Å². The van der Waals surface area contributed by atoms with Crippen molar-refractivity contribution in [3.05, 3.63) is 29.8 Å². The fourth-order valence-corrected chi connectivity index (χ4v) is 3.96. The molecule has 2 unspecified atom stereocenters. The average molecular weight is 274 g/mol. The van der Waals surface area contributed by atoms with Crippen molar-refractivity contribution in [3.63, 3.8) is 0 Å². The number of rotatable bonds is 1. The van der Waals surface area contributed by atoms with Gasteiger partial charge >= 0.3 is 0 Å². The third-order valence-corrected chi connectivity index (χ3v) is 5.29. The normalized spacial score (nSPS) is 33.6. The van der Waals surface area contributed by atoms with Crippen LogP contribution in [0.1, 0.15) is 64.0 Å². The quantitative estimate of drug-likeness (QED) is 0.818. The maximum Gasteiger partial charge on any atom is 0.125 e. The molecule has 1 aromatic rings. The molecule has 1 fully saturated rings. The van der Waals surface area contributed by atoms with Crippen LogP contribution in [-0.4, -0.2) is 10.7 Å². The molecule has 2 heteroatoms. The van der Waals surface area contributed by atoms with Crippen LogP contribution in [0.15, 0.2) is 24.3 Å². The molecule has 1 aromatic carbocycles. The summed E-state index contributed by atoms with van der Waals surface area (Å²) in [7, 11) is 0. The molecule has 0 saturated heterocycles. The highest BCUT2D eigenvalue weighted by Crippen LogP contribution is 2.46. The molecule has 3 atom stereocenters. The summed E-state index contributed by atoms with van der Waals surface area (Å²) in [6, 6.07) is 7.97. The van der Waals surface area contributed by atoms with Crippen LogP contribution in [0.5, 0.6) is 5.75 Å². The molecule has 1 heterocycles. The lowest BCUT2D eigenvalue weighted by Crippen LogP contribution is -2.40. The van der Waals surface area contributed by atoms with Gasteiger partial charge in [0.05, 0.1) is 6.10 Å². The smallest absolute Gasteiger partial charge is 0.125 e. The van der Waals surface area contributed by atoms with Crippen LogP contribution in [0, 0.1) is 11.8 Å². The summed E-state index contributed by atoms with van der Waals surface area (Å²) in [5, 5.41) is 10.5. The van der Waals surface area contributed by atoms with E-state index in [-0.39, 0.29) is 11.7 Å². The van der Waals surface area contributed by atoms with Gasteiger partial charge in [0.1, 0.15) is 11.4 Å². The van der Waals surface area contributed by atoms with Crippen molar-refractivity contribution in [1.29, 1.82) is 0 Å². The first-order chi connectivity index (χ1) is 9.60. The van der Waals surface area contributed by atoms with Gasteiger partial charge in [-0.05, 0) is 43.6 Å². The van der Waals surface area contributed by atoms with E-state index in [9.17, 15) is 5.11 Å². The van der Waals surface area contributed by atoms with E-state index in [0.29, 0.717) is 0 Å². The SMILES string of the molecule is CC(C)C1CCCC2(CC1)C[C@H](O)c1ccccc1O2. The highest BCUT2D eigenvalue weighted by molar-refractivity contribution is 5.38. The highest BCUT2D eigenvalue weighted by Gasteiger charge is 2.41. The second-order valence-corrected chi connectivity index (χ2v) is 6.98. The molecule has 1 saturated carbocycles. The Morgan fingerprint density at radius 3 is 2.80 bits per heavy atom. The van der Waals surface area contributed by atoms with Gasteiger partial charge in [0.25, 0.3) is 0 Å². The molecule has 1 aliphatic heterocycles. The lowest BCUT2D eigenvalue weighted by atomic mass is 9.82. The van der Waals surface area contributed by atoms with E-state index in [0.717, 1.165) is 42.4 Å². The summed E-state index contributed by atoms with van der Waals surface area (Å²) in [5.41, 5.74) is 0.833. The van der Waals surface area contributed by atoms with Crippen LogP contribution in [0.4, 0.5) is 0 Å². The molecule has 1 N–H and O–H groups in total. The van der Waals surface area contributed by atoms with Gasteiger partial charge in [0.15, 0.2) is 0 Å². The monoisotopic (exact) mass is 274 g/mol. The van der Waals surface area contributed by atoms with E-state index in [1.165, 1.54) is 19.3 Å². The second-order valence-electron chi connectivity index (χ2n) is 6.98. The summed E-state index contributed by atoms with van der Waals surface area (Å²) in [6.45, 7) is 4.66. The van der Waals surface area contributed by atoms with Gasteiger partial charge < -0.3 is 9.84 Å². The van der Waals surface area contributed by atoms with E-state index < -0.39 is 0 Å². The summed E-state index contributed by atoms with van der Waals surface area (Å²) >= 11 is 0. The zero-order valence-electron chi connectivity index (χ0n) is 12.6. The molecular formula is C18H26O2. The van der Waals surface area contributed by atoms with Crippen LogP contribution >= 0.6 is 0 Å². The molecule has 0 bridgehead atoms. The molecule has 1 aliphatic carbocycles. The largest absolute Gasteiger partial charge is 0.487 e. The van der Waals surface area contributed by atoms with Crippen LogP contribution in [0.2, 0.25) is 0 Å². The van der Waals surface area contributed by atoms with E-state index in [2.05, 4.69) is 13.8 Å². The van der Waals surface area contributed by atoms with Crippen molar-refractivity contribution >= 4 is 0 Å². The van der Waals surface area contributed by atoms with Crippen molar-refractivity contribution in [3.8, 4) is 5.75 Å². The van der Waals surface area contributed by atoms with E-state index >= 15 is 0 Å². The number of fused-ring (bicyclic) bond motifs is 1. The Labute approximate surface area is 122 Å². The molecular weight excluding hydrogens is 248 g/mol. The number of hydrogen-bond donors (Lipinski definition) is 1. The number of para-hydroxylation sites is 1. The van der Waals surface area contributed by atoms with Crippen molar-refractivity contribution in [1.82, 2.24) is 0 Å². The van der Waals surface area contributed by atoms with Crippen molar-refractivity contribution in [2.24, 2.45) is 11.8 Å². The molecule has 0 radical (unpaired) electrons. The summed E-state index contributed by atoms with van der Waals surface area (Å²) in [5.74, 6) is 2.47. The molecule has 2 aliphatic rings. The van der Waals surface area contributed by atoms with Crippen molar-refractivity contribution < 1.29 is 9.84 Å². The number of benzene rings is 1. The molecule has 0 aromatic heterocycles. The van der Waals surface area contributed by atoms with E-state index in [4.69, 9.17) is 4.74 Å². The molecule has 2 nitrogen and oxygen atoms in total. The third-order valence-electron chi connectivity index (χ3n) is 5.29. The molecule has 1 spiro atoms. The number of ether oxygens (including phenoxy) is 1. The molecule has 20 heavy (non-hydrogen) atoms. The summed E-state index contributed by atoms with van der Waals surface area (Å²) < 4.78 is 6.38. The minimum atomic E-state index is -0.365. The van der Waals surface area contributed by atoms with Crippen LogP contribution in [0.25, 0.3) is 0 Å². The summed E-state index contributed by atoms with van der Waals surface area (Å²) in [4.78, 5) is 0. The Morgan fingerprint density at radius 2 is 2.00 bits per heavy atom. The minimum absolute atomic E-state index is 0.128. The van der Waals surface area contributed by atoms with Gasteiger partial charge in [0.2, 0.25) is 0 Å². The second kappa shape index (κ2) is 5.40. The van der Waals surface area contributed by atoms with Gasteiger partial charge in [-0.2, -0.15) is 0 Å². The molecule has 110 valence electrons. The van der Waals surface area contributed by atoms with Gasteiger partial charge in [0, 0.05) is 12.0 Å². The fourth-order valence-electron chi connectivity index (χ4n) is 3.96. The van der Waals surface area contributed by atoms with Crippen molar-refractivity contribution in [2.75, 3.05) is 0 Å². The highest BCUT2D eigenvalue weighted by atomic mass is 16.5. The average Bonchev–Trinajstić information content (AvgIpc) is 2.62. The Morgan fingerprint density at radius 1 is 1.20 bits per heavy atom. The number of aliphatic hydroxyl groups excluding tert-OH is 1. The van der Waals surface area contributed by atoms with Crippen molar-refractivity contribution in [2.45, 2.75) is 64.1 Å². The zero-order valence-corrected chi connectivity index (χ0v) is 12.6. The molecule has 3 rings (SSSR count). The van der Waals surface area contributed by atoms with Crippen LogP contribution < -0.4 is 4.74 Å². The minimum Gasteiger partial charge on any atom is -0.487 e. The first-order valence-electron chi connectivity index (χ1n) is 8.06. The lowest BCUT2D eigenvalue weighted by molar-refractivity contribution is -0.0253. The third kappa shape index (κ3) is 2.58. The van der Waals surface area contributed by atoms with Gasteiger partial charge in [-0.1, -0.05) is 38.5 Å². The Hall–Kier alpha value is -1.02. The number of hydrogen-bond acceptors (Lipinski definition) is 2. The van der Waals surface area contributed by atoms with E-state index in [1.807, 2.05) is 24.3 Å². The Kier molecular flexibility index (Phi) is 3.76. The lowest BCUT2D eigenvalue weighted by Gasteiger charge is -2.40. The standard InChI is InChI=1S/C18H26O2/c1-13(2)14-6-5-10-18(11-9-14)12-16(19)15-7-3-4-8-17(15)20-18/h3-4,7-8,13-14,16,19H,5-6,9-12H2,1-2H3/t14?,16-,18?/m0/s1. The first-order valence-corrected chi connectivity index (χ1v) is 8.06. The van der Waals surface area contributed by atoms with Crippen LogP contribution in [0.3, 0.4) is 0 Å². The predicted octanol–water partition coefficient (Wildman–Crippen LogP) is 4.48.